The van der Waals surface area contributed by atoms with Gasteiger partial charge in [-0.1, -0.05) is 36.2 Å². The van der Waals surface area contributed by atoms with Gasteiger partial charge in [0.05, 0.1) is 6.04 Å². The van der Waals surface area contributed by atoms with Crippen molar-refractivity contribution in [1.82, 2.24) is 5.32 Å². The highest BCUT2D eigenvalue weighted by Gasteiger charge is 2.20. The Hall–Kier alpha value is -0.770. The van der Waals surface area contributed by atoms with Gasteiger partial charge >= 0.3 is 0 Å². The normalized spacial score (nSPS) is 15.8. The van der Waals surface area contributed by atoms with Gasteiger partial charge < -0.3 is 5.32 Å². The number of thioether (sulfide) groups is 1. The van der Waals surface area contributed by atoms with Crippen LogP contribution in [-0.2, 0) is 12.2 Å². The molecule has 0 fully saturated rings. The minimum absolute atomic E-state index is 0.342. The molecule has 112 valence electrons. The Labute approximate surface area is 136 Å². The molecule has 1 aliphatic rings. The van der Waals surface area contributed by atoms with E-state index in [4.69, 9.17) is 0 Å². The van der Waals surface area contributed by atoms with Crippen molar-refractivity contribution in [2.24, 2.45) is 0 Å². The third-order valence-corrected chi connectivity index (χ3v) is 6.23. The van der Waals surface area contributed by atoms with Crippen LogP contribution in [0.4, 0.5) is 0 Å². The maximum Gasteiger partial charge on any atom is 0.0671 e. The van der Waals surface area contributed by atoms with E-state index in [0.29, 0.717) is 6.04 Å². The van der Waals surface area contributed by atoms with Crippen LogP contribution in [0, 0.1) is 13.8 Å². The summed E-state index contributed by atoms with van der Waals surface area (Å²) in [6.45, 7) is 7.57. The molecule has 0 bridgehead atoms. The molecule has 2 heterocycles. The number of thiophene rings is 1. The summed E-state index contributed by atoms with van der Waals surface area (Å²) in [4.78, 5) is 3.09. The lowest BCUT2D eigenvalue weighted by Crippen LogP contribution is -2.21. The molecule has 0 radical (unpaired) electrons. The van der Waals surface area contributed by atoms with Gasteiger partial charge in [-0.15, -0.1) is 11.3 Å². The average Bonchev–Trinajstić information content (AvgIpc) is 2.87. The summed E-state index contributed by atoms with van der Waals surface area (Å²) in [5.74, 6) is 2.47. The summed E-state index contributed by atoms with van der Waals surface area (Å²) in [5.41, 5.74) is 5.67. The second-order valence-corrected chi connectivity index (χ2v) is 8.09. The van der Waals surface area contributed by atoms with Gasteiger partial charge in [0.2, 0.25) is 0 Å². The largest absolute Gasteiger partial charge is 0.306 e. The predicted molar refractivity (Wildman–Crippen MR) is 95.6 cm³/mol. The molecule has 0 aliphatic carbocycles. The van der Waals surface area contributed by atoms with Crippen LogP contribution in [0.2, 0.25) is 0 Å². The number of nitrogens with one attached hydrogen (secondary N) is 1. The van der Waals surface area contributed by atoms with Crippen LogP contribution in [0.25, 0.3) is 0 Å². The maximum atomic E-state index is 3.68. The zero-order valence-electron chi connectivity index (χ0n) is 13.0. The fourth-order valence-electron chi connectivity index (χ4n) is 3.08. The molecular weight excluding hydrogens is 294 g/mol. The molecule has 1 aromatic heterocycles. The molecule has 21 heavy (non-hydrogen) atoms. The van der Waals surface area contributed by atoms with E-state index in [1.54, 1.807) is 10.4 Å². The van der Waals surface area contributed by atoms with E-state index in [1.807, 2.05) is 11.3 Å². The van der Waals surface area contributed by atoms with Crippen LogP contribution in [0.3, 0.4) is 0 Å². The summed E-state index contributed by atoms with van der Waals surface area (Å²) < 4.78 is 0. The van der Waals surface area contributed by atoms with Crippen LogP contribution in [0.1, 0.15) is 45.0 Å². The predicted octanol–water partition coefficient (Wildman–Crippen LogP) is 4.85. The number of rotatable bonds is 4. The first-order chi connectivity index (χ1) is 10.2. The van der Waals surface area contributed by atoms with E-state index in [-0.39, 0.29) is 0 Å². The first kappa shape index (κ1) is 15.1. The lowest BCUT2D eigenvalue weighted by Gasteiger charge is -2.18. The molecule has 3 rings (SSSR count). The Kier molecular flexibility index (Phi) is 4.72. The molecule has 1 aromatic carbocycles. The molecule has 0 saturated carbocycles. The summed E-state index contributed by atoms with van der Waals surface area (Å²) >= 11 is 4.08. The zero-order chi connectivity index (χ0) is 14.8. The molecule has 1 aliphatic heterocycles. The molecule has 0 spiro atoms. The maximum absolute atomic E-state index is 3.68. The molecule has 3 heteroatoms. The second-order valence-electron chi connectivity index (χ2n) is 5.81. The highest BCUT2D eigenvalue weighted by atomic mass is 32.2. The van der Waals surface area contributed by atoms with Crippen LogP contribution in [-0.4, -0.2) is 12.3 Å². The smallest absolute Gasteiger partial charge is 0.0671 e. The van der Waals surface area contributed by atoms with E-state index >= 15 is 0 Å². The van der Waals surface area contributed by atoms with Crippen molar-refractivity contribution >= 4 is 23.1 Å². The van der Waals surface area contributed by atoms with Crippen molar-refractivity contribution in [3.05, 3.63) is 56.3 Å². The van der Waals surface area contributed by atoms with Crippen molar-refractivity contribution in [1.29, 1.82) is 0 Å². The van der Waals surface area contributed by atoms with Gasteiger partial charge in [0.1, 0.15) is 0 Å². The quantitative estimate of drug-likeness (QED) is 0.865. The number of fused-ring (bicyclic) bond motifs is 1. The second kappa shape index (κ2) is 6.55. The molecule has 0 amide bonds. The topological polar surface area (TPSA) is 12.0 Å². The molecule has 1 nitrogen and oxygen atoms in total. The monoisotopic (exact) mass is 317 g/mol. The molecular formula is C18H23NS2. The summed E-state index contributed by atoms with van der Waals surface area (Å²) in [5, 5.41) is 3.68. The molecule has 1 N–H and O–H groups in total. The molecule has 0 saturated heterocycles. The molecule has 1 unspecified atom stereocenters. The van der Waals surface area contributed by atoms with Crippen LogP contribution in [0.15, 0.2) is 24.3 Å². The van der Waals surface area contributed by atoms with E-state index in [1.165, 1.54) is 39.5 Å². The highest BCUT2D eigenvalue weighted by molar-refractivity contribution is 7.98. The number of aryl methyl sites for hydroxylation is 3. The van der Waals surface area contributed by atoms with Gasteiger partial charge in [0.15, 0.2) is 0 Å². The number of hydrogen-bond acceptors (Lipinski definition) is 3. The lowest BCUT2D eigenvalue weighted by atomic mass is 9.99. The standard InChI is InChI=1S/C18H23NS2/c1-4-19-18(14-8-12(2)7-13(3)9-14)17-10-15-11-20-6-5-16(15)21-17/h7-10,18-19H,4-6,11H2,1-3H3. The minimum atomic E-state index is 0.342. The Morgan fingerprint density at radius 1 is 1.14 bits per heavy atom. The Bertz CT molecular complexity index is 586. The lowest BCUT2D eigenvalue weighted by molar-refractivity contribution is 0.638. The third kappa shape index (κ3) is 3.36. The van der Waals surface area contributed by atoms with Crippen LogP contribution >= 0.6 is 23.1 Å². The SMILES string of the molecule is CCNC(c1cc(C)cc(C)c1)c1cc2c(s1)CCSC2. The minimum Gasteiger partial charge on any atom is -0.306 e. The van der Waals surface area contributed by atoms with Gasteiger partial charge in [0, 0.05) is 15.5 Å². The van der Waals surface area contributed by atoms with Gasteiger partial charge in [0.25, 0.3) is 0 Å². The number of hydrogen-bond donors (Lipinski definition) is 1. The highest BCUT2D eigenvalue weighted by Crippen LogP contribution is 2.36. The van der Waals surface area contributed by atoms with Crippen LogP contribution < -0.4 is 5.32 Å². The van der Waals surface area contributed by atoms with E-state index < -0.39 is 0 Å². The van der Waals surface area contributed by atoms with E-state index in [9.17, 15) is 0 Å². The van der Waals surface area contributed by atoms with Crippen molar-refractivity contribution in [3.63, 3.8) is 0 Å². The number of benzene rings is 1. The van der Waals surface area contributed by atoms with E-state index in [0.717, 1.165) is 6.54 Å². The van der Waals surface area contributed by atoms with Crippen LogP contribution in [0.5, 0.6) is 0 Å². The Morgan fingerprint density at radius 3 is 2.57 bits per heavy atom. The third-order valence-electron chi connectivity index (χ3n) is 3.92. The summed E-state index contributed by atoms with van der Waals surface area (Å²) in [7, 11) is 0. The molecule has 1 atom stereocenters. The van der Waals surface area contributed by atoms with Crippen molar-refractivity contribution < 1.29 is 0 Å². The average molecular weight is 318 g/mol. The summed E-state index contributed by atoms with van der Waals surface area (Å²) in [6, 6.07) is 9.69. The van der Waals surface area contributed by atoms with Crippen molar-refractivity contribution in [3.8, 4) is 0 Å². The van der Waals surface area contributed by atoms with Crippen molar-refractivity contribution in [2.75, 3.05) is 12.3 Å². The fourth-order valence-corrected chi connectivity index (χ4v) is 5.56. The molecule has 2 aromatic rings. The van der Waals surface area contributed by atoms with Gasteiger partial charge in [-0.05, 0) is 49.8 Å². The summed E-state index contributed by atoms with van der Waals surface area (Å²) in [6.07, 6.45) is 1.25. The fraction of sp³-hybridized carbons (Fsp3) is 0.444. The first-order valence-corrected chi connectivity index (χ1v) is 9.65. The van der Waals surface area contributed by atoms with Gasteiger partial charge in [-0.25, -0.2) is 0 Å². The zero-order valence-corrected chi connectivity index (χ0v) is 14.7. The first-order valence-electron chi connectivity index (χ1n) is 7.68. The van der Waals surface area contributed by atoms with E-state index in [2.05, 4.69) is 62.1 Å². The Balaban J connectivity index is 1.98. The van der Waals surface area contributed by atoms with Gasteiger partial charge in [-0.3, -0.25) is 0 Å². The van der Waals surface area contributed by atoms with Gasteiger partial charge in [-0.2, -0.15) is 11.8 Å². The van der Waals surface area contributed by atoms with Crippen molar-refractivity contribution in [2.45, 2.75) is 39.0 Å². The Morgan fingerprint density at radius 2 is 1.90 bits per heavy atom.